The number of aromatic amines is 1. The van der Waals surface area contributed by atoms with Crippen molar-refractivity contribution in [1.82, 2.24) is 19.6 Å². The Morgan fingerprint density at radius 2 is 1.83 bits per heavy atom. The van der Waals surface area contributed by atoms with Gasteiger partial charge >= 0.3 is 0 Å². The number of carbonyl (C=O) groups is 1. The average Bonchev–Trinajstić information content (AvgIpc) is 3.87. The van der Waals surface area contributed by atoms with Crippen LogP contribution in [0.2, 0.25) is 0 Å². The van der Waals surface area contributed by atoms with E-state index in [4.69, 9.17) is 4.74 Å². The number of anilines is 2. The second-order valence-corrected chi connectivity index (χ2v) is 20.0. The van der Waals surface area contributed by atoms with E-state index in [1.54, 1.807) is 12.3 Å². The van der Waals surface area contributed by atoms with E-state index >= 15 is 4.39 Å². The molecule has 59 heavy (non-hydrogen) atoms. The van der Waals surface area contributed by atoms with Crippen LogP contribution in [-0.4, -0.2) is 78.9 Å². The number of halogens is 1. The maximum Gasteiger partial charge on any atom is 0.293 e. The van der Waals surface area contributed by atoms with Gasteiger partial charge in [-0.25, -0.2) is 13.6 Å². The number of ether oxygens (including phenoxy) is 1. The first-order valence-electron chi connectivity index (χ1n) is 21.0. The zero-order valence-electron chi connectivity index (χ0n) is 34.4. The largest absolute Gasteiger partial charge is 0.455 e. The first kappa shape index (κ1) is 41.1. The third-order valence-electron chi connectivity index (χ3n) is 13.5. The van der Waals surface area contributed by atoms with Crippen LogP contribution in [0.5, 0.6) is 11.5 Å². The minimum Gasteiger partial charge on any atom is -0.455 e. The summed E-state index contributed by atoms with van der Waals surface area (Å²) in [4.78, 5) is 37.6. The van der Waals surface area contributed by atoms with Gasteiger partial charge in [0.2, 0.25) is 0 Å². The van der Waals surface area contributed by atoms with Gasteiger partial charge in [-0.3, -0.25) is 24.5 Å². The van der Waals surface area contributed by atoms with Crippen molar-refractivity contribution in [3.05, 3.63) is 76.4 Å². The van der Waals surface area contributed by atoms with Crippen LogP contribution in [0.25, 0.3) is 11.0 Å². The number of aromatic nitrogens is 2. The predicted octanol–water partition coefficient (Wildman–Crippen LogP) is 8.47. The molecule has 316 valence electrons. The lowest BCUT2D eigenvalue weighted by Gasteiger charge is -2.57. The number of H-pyrrole nitrogens is 1. The fourth-order valence-electron chi connectivity index (χ4n) is 9.99. The highest BCUT2D eigenvalue weighted by molar-refractivity contribution is 7.83. The fourth-order valence-corrected chi connectivity index (χ4v) is 10.8. The van der Waals surface area contributed by atoms with E-state index in [1.165, 1.54) is 62.7 Å². The second-order valence-electron chi connectivity index (χ2n) is 18.8. The lowest BCUT2D eigenvalue weighted by molar-refractivity contribution is -0.384. The van der Waals surface area contributed by atoms with Crippen molar-refractivity contribution < 1.29 is 28.2 Å². The van der Waals surface area contributed by atoms with E-state index in [0.29, 0.717) is 61.6 Å². The standard InChI is InChI=1S/C44H56FN7O6S/c1-42(2,3)39-6-5-17-51(39)30-24-44(25-30)14-18-50(19-15-44)36-23-38(58-31-20-29-11-16-46-40(29)48-27-31)33(22-34(36)45)41(53)49-59(57)32-7-8-35(37(21-32)52(55)56)47-26-28-9-12-43(4,54)13-10-28/h7-8,11,16,20-23,27-28,30,39,47,54H,5-6,9-10,12-15,17-19,24-26H2,1-4H3,(H,46,48)(H,49,53). The van der Waals surface area contributed by atoms with E-state index in [0.717, 1.165) is 37.1 Å². The molecule has 0 bridgehead atoms. The summed E-state index contributed by atoms with van der Waals surface area (Å²) in [5.74, 6) is -0.835. The Hall–Kier alpha value is -4.60. The lowest BCUT2D eigenvalue weighted by Crippen LogP contribution is -2.57. The molecule has 2 aromatic carbocycles. The quantitative estimate of drug-likeness (QED) is 0.0851. The maximum absolute atomic E-state index is 16.2. The van der Waals surface area contributed by atoms with Crippen molar-refractivity contribution in [1.29, 1.82) is 0 Å². The Balaban J connectivity index is 0.979. The number of likely N-dealkylation sites (tertiary alicyclic amines) is 1. The second kappa shape index (κ2) is 16.1. The number of hydrogen-bond donors (Lipinski definition) is 4. The van der Waals surface area contributed by atoms with Crippen LogP contribution >= 0.6 is 0 Å². The van der Waals surface area contributed by atoms with Gasteiger partial charge in [-0.15, -0.1) is 0 Å². The molecule has 4 aliphatic rings. The van der Waals surface area contributed by atoms with Crippen molar-refractivity contribution in [2.24, 2.45) is 16.7 Å². The van der Waals surface area contributed by atoms with Crippen LogP contribution in [0.3, 0.4) is 0 Å². The van der Waals surface area contributed by atoms with Crippen molar-refractivity contribution >= 4 is 45.0 Å². The Kier molecular flexibility index (Phi) is 11.2. The highest BCUT2D eigenvalue weighted by Crippen LogP contribution is 2.54. The summed E-state index contributed by atoms with van der Waals surface area (Å²) in [6.45, 7) is 11.9. The predicted molar refractivity (Wildman–Crippen MR) is 227 cm³/mol. The number of amides is 1. The molecule has 0 radical (unpaired) electrons. The van der Waals surface area contributed by atoms with E-state index in [1.807, 2.05) is 17.9 Å². The number of fused-ring (bicyclic) bond motifs is 1. The van der Waals surface area contributed by atoms with E-state index in [2.05, 4.69) is 45.7 Å². The Labute approximate surface area is 347 Å². The smallest absolute Gasteiger partial charge is 0.293 e. The molecule has 15 heteroatoms. The average molecular weight is 830 g/mol. The summed E-state index contributed by atoms with van der Waals surface area (Å²) in [6, 6.07) is 11.6. The molecule has 13 nitrogen and oxygen atoms in total. The van der Waals surface area contributed by atoms with Crippen LogP contribution in [0, 0.1) is 32.7 Å². The first-order valence-corrected chi connectivity index (χ1v) is 22.1. The number of rotatable bonds is 11. The van der Waals surface area contributed by atoms with Gasteiger partial charge in [-0.2, -0.15) is 0 Å². The van der Waals surface area contributed by atoms with Crippen molar-refractivity contribution in [3.63, 3.8) is 0 Å². The summed E-state index contributed by atoms with van der Waals surface area (Å²) in [7, 11) is -2.23. The summed E-state index contributed by atoms with van der Waals surface area (Å²) in [6.07, 6.45) is 12.9. The molecule has 2 aromatic heterocycles. The van der Waals surface area contributed by atoms with Gasteiger partial charge in [0.1, 0.15) is 28.7 Å². The summed E-state index contributed by atoms with van der Waals surface area (Å²) in [5.41, 5.74) is 0.605. The van der Waals surface area contributed by atoms with Gasteiger partial charge < -0.3 is 25.0 Å². The molecule has 1 spiro atoms. The van der Waals surface area contributed by atoms with Crippen molar-refractivity contribution in [2.75, 3.05) is 36.4 Å². The molecule has 4 fully saturated rings. The molecule has 4 N–H and O–H groups in total. The first-order chi connectivity index (χ1) is 28.1. The van der Waals surface area contributed by atoms with Crippen LogP contribution in [0.4, 0.5) is 21.5 Å². The maximum atomic E-state index is 16.2. The molecule has 4 heterocycles. The number of nitrogens with one attached hydrogen (secondary N) is 3. The van der Waals surface area contributed by atoms with Crippen LogP contribution in [0.15, 0.2) is 59.8 Å². The molecular formula is C44H56FN7O6S. The fraction of sp³-hybridized carbons (Fsp3) is 0.545. The van der Waals surface area contributed by atoms with E-state index in [9.17, 15) is 24.2 Å². The van der Waals surface area contributed by atoms with Gasteiger partial charge in [0.25, 0.3) is 11.6 Å². The van der Waals surface area contributed by atoms with Gasteiger partial charge in [0.05, 0.1) is 32.9 Å². The number of hydrogen-bond acceptors (Lipinski definition) is 10. The highest BCUT2D eigenvalue weighted by atomic mass is 32.2. The molecule has 1 amide bonds. The number of nitro benzene ring substituents is 1. The number of benzene rings is 2. The van der Waals surface area contributed by atoms with Gasteiger partial charge in [-0.05, 0) is 125 Å². The summed E-state index contributed by atoms with van der Waals surface area (Å²) >= 11 is 0. The number of pyridine rings is 1. The normalized spacial score (nSPS) is 24.2. The number of aliphatic hydroxyl groups is 1. The third-order valence-corrected chi connectivity index (χ3v) is 14.5. The summed E-state index contributed by atoms with van der Waals surface area (Å²) < 4.78 is 38.5. The van der Waals surface area contributed by atoms with E-state index in [-0.39, 0.29) is 44.3 Å². The monoisotopic (exact) mass is 829 g/mol. The highest BCUT2D eigenvalue weighted by Gasteiger charge is 2.51. The van der Waals surface area contributed by atoms with Crippen LogP contribution in [0.1, 0.15) is 102 Å². The Bertz CT molecular complexity index is 2230. The Morgan fingerprint density at radius 3 is 2.54 bits per heavy atom. The minimum atomic E-state index is -2.23. The molecular weight excluding hydrogens is 774 g/mol. The molecule has 2 saturated carbocycles. The summed E-state index contributed by atoms with van der Waals surface area (Å²) in [5, 5.41) is 26.3. The Morgan fingerprint density at radius 1 is 1.08 bits per heavy atom. The molecule has 2 aliphatic heterocycles. The molecule has 2 aliphatic carbocycles. The zero-order chi connectivity index (χ0) is 41.7. The van der Waals surface area contributed by atoms with Crippen molar-refractivity contribution in [2.45, 2.75) is 114 Å². The van der Waals surface area contributed by atoms with Crippen LogP contribution in [-0.2, 0) is 11.0 Å². The zero-order valence-corrected chi connectivity index (χ0v) is 35.2. The van der Waals surface area contributed by atoms with Gasteiger partial charge in [-0.1, -0.05) is 20.8 Å². The number of piperidine rings is 1. The number of carbonyl (C=O) groups excluding carboxylic acids is 1. The van der Waals surface area contributed by atoms with Gasteiger partial charge in [0, 0.05) is 55.4 Å². The van der Waals surface area contributed by atoms with Crippen molar-refractivity contribution in [3.8, 4) is 11.5 Å². The minimum absolute atomic E-state index is 0.00474. The molecule has 4 aromatic rings. The SMILES string of the molecule is CC1(O)CCC(CNc2ccc(S(=O)NC(=O)c3cc(F)c(N4CCC5(CC4)CC(N4CCCC4C(C)(C)C)C5)cc3Oc3cnc4[nH]ccc4c3)cc2[N+](=O)[O-])CC1. The molecule has 2 atom stereocenters. The number of nitrogens with zero attached hydrogens (tertiary/aromatic N) is 4. The van der Waals surface area contributed by atoms with Crippen LogP contribution < -0.4 is 19.7 Å². The lowest BCUT2D eigenvalue weighted by atomic mass is 9.59. The van der Waals surface area contributed by atoms with E-state index < -0.39 is 33.2 Å². The van der Waals surface area contributed by atoms with Gasteiger partial charge in [0.15, 0.2) is 11.0 Å². The number of nitro groups is 1. The molecule has 8 rings (SSSR count). The molecule has 2 unspecified atom stereocenters. The topological polar surface area (TPSA) is 166 Å². The molecule has 2 saturated heterocycles. The third kappa shape index (κ3) is 8.83.